The predicted octanol–water partition coefficient (Wildman–Crippen LogP) is 1.11. The number of furan rings is 1. The molecule has 0 saturated heterocycles. The Labute approximate surface area is 121 Å². The molecule has 7 nitrogen and oxygen atoms in total. The van der Waals surface area contributed by atoms with Crippen molar-refractivity contribution < 1.29 is 22.4 Å². The highest BCUT2D eigenvalue weighted by Gasteiger charge is 2.17. The van der Waals surface area contributed by atoms with Gasteiger partial charge >= 0.3 is 5.91 Å². The lowest BCUT2D eigenvalue weighted by atomic mass is 10.2. The molecule has 0 saturated carbocycles. The van der Waals surface area contributed by atoms with Gasteiger partial charge in [-0.05, 0) is 31.2 Å². The number of ketones is 1. The van der Waals surface area contributed by atoms with E-state index in [0.717, 1.165) is 0 Å². The first-order chi connectivity index (χ1) is 9.90. The number of hydrogen-bond donors (Lipinski definition) is 2. The van der Waals surface area contributed by atoms with Crippen LogP contribution in [0.3, 0.4) is 0 Å². The van der Waals surface area contributed by atoms with Gasteiger partial charge in [0.25, 0.3) is 10.0 Å². The van der Waals surface area contributed by atoms with Crippen LogP contribution < -0.4 is 10.3 Å². The summed E-state index contributed by atoms with van der Waals surface area (Å²) in [6.07, 6.45) is 1.30. The first-order valence-corrected chi connectivity index (χ1v) is 7.35. The summed E-state index contributed by atoms with van der Waals surface area (Å²) in [6, 6.07) is 8.24. The molecule has 0 fully saturated rings. The zero-order chi connectivity index (χ0) is 15.5. The largest absolute Gasteiger partial charge is 0.459 e. The van der Waals surface area contributed by atoms with Crippen molar-refractivity contribution in [3.05, 3.63) is 54.0 Å². The van der Waals surface area contributed by atoms with Crippen LogP contribution >= 0.6 is 0 Å². The van der Waals surface area contributed by atoms with Crippen LogP contribution in [0, 0.1) is 0 Å². The zero-order valence-corrected chi connectivity index (χ0v) is 11.8. The van der Waals surface area contributed by atoms with Crippen molar-refractivity contribution in [2.75, 3.05) is 0 Å². The molecule has 1 aromatic heterocycles. The van der Waals surface area contributed by atoms with Crippen LogP contribution in [0.4, 0.5) is 0 Å². The van der Waals surface area contributed by atoms with E-state index in [0.29, 0.717) is 5.56 Å². The molecule has 1 aromatic carbocycles. The molecule has 0 radical (unpaired) electrons. The van der Waals surface area contributed by atoms with Gasteiger partial charge in [0, 0.05) is 5.56 Å². The lowest BCUT2D eigenvalue weighted by Gasteiger charge is -2.07. The summed E-state index contributed by atoms with van der Waals surface area (Å²) in [4.78, 5) is 24.5. The second kappa shape index (κ2) is 5.90. The van der Waals surface area contributed by atoms with E-state index in [1.165, 1.54) is 49.6 Å². The Morgan fingerprint density at radius 3 is 2.29 bits per heavy atom. The van der Waals surface area contributed by atoms with Crippen LogP contribution in [-0.4, -0.2) is 20.1 Å². The molecular weight excluding hydrogens is 296 g/mol. The number of rotatable bonds is 5. The van der Waals surface area contributed by atoms with Gasteiger partial charge in [-0.2, -0.15) is 0 Å². The fourth-order valence-electron chi connectivity index (χ4n) is 1.51. The number of Topliss-reactive ketones (excluding diaryl/α,β-unsaturated/α-hetero) is 1. The van der Waals surface area contributed by atoms with E-state index in [2.05, 4.69) is 0 Å². The Morgan fingerprint density at radius 2 is 1.76 bits per heavy atom. The van der Waals surface area contributed by atoms with E-state index in [1.807, 2.05) is 10.3 Å². The van der Waals surface area contributed by atoms with Crippen LogP contribution in [0.15, 0.2) is 52.0 Å². The Morgan fingerprint density at radius 1 is 1.10 bits per heavy atom. The highest BCUT2D eigenvalue weighted by atomic mass is 32.2. The first kappa shape index (κ1) is 14.9. The van der Waals surface area contributed by atoms with Crippen molar-refractivity contribution in [2.24, 2.45) is 0 Å². The van der Waals surface area contributed by atoms with Crippen LogP contribution in [0.1, 0.15) is 27.8 Å². The lowest BCUT2D eigenvalue weighted by molar-refractivity contribution is 0.0916. The SMILES string of the molecule is CC(=O)c1ccc(S(=O)(=O)NNC(=O)c2ccco2)cc1. The molecule has 0 aliphatic carbocycles. The van der Waals surface area contributed by atoms with Crippen LogP contribution in [0.5, 0.6) is 0 Å². The third-order valence-electron chi connectivity index (χ3n) is 2.62. The summed E-state index contributed by atoms with van der Waals surface area (Å²) in [6.45, 7) is 1.38. The normalized spacial score (nSPS) is 11.1. The molecule has 0 spiro atoms. The molecule has 2 aromatic rings. The number of hydrazine groups is 1. The van der Waals surface area contributed by atoms with Crippen molar-refractivity contribution in [3.63, 3.8) is 0 Å². The van der Waals surface area contributed by atoms with Gasteiger partial charge < -0.3 is 4.42 Å². The number of benzene rings is 1. The monoisotopic (exact) mass is 308 g/mol. The van der Waals surface area contributed by atoms with Crippen molar-refractivity contribution >= 4 is 21.7 Å². The van der Waals surface area contributed by atoms with Gasteiger partial charge in [-0.15, -0.1) is 4.83 Å². The summed E-state index contributed by atoms with van der Waals surface area (Å²) in [5.41, 5.74) is 2.42. The average Bonchev–Trinajstić information content (AvgIpc) is 2.99. The first-order valence-electron chi connectivity index (χ1n) is 5.87. The van der Waals surface area contributed by atoms with Crippen LogP contribution in [0.2, 0.25) is 0 Å². The quantitative estimate of drug-likeness (QED) is 0.635. The molecule has 1 heterocycles. The maximum atomic E-state index is 11.9. The predicted molar refractivity (Wildman–Crippen MR) is 72.9 cm³/mol. The maximum absolute atomic E-state index is 11.9. The number of sulfonamides is 1. The second-order valence-corrected chi connectivity index (χ2v) is 5.80. The van der Waals surface area contributed by atoms with Gasteiger partial charge in [-0.3, -0.25) is 15.0 Å². The minimum Gasteiger partial charge on any atom is -0.459 e. The molecule has 1 amide bonds. The zero-order valence-electron chi connectivity index (χ0n) is 11.0. The van der Waals surface area contributed by atoms with Gasteiger partial charge in [0.1, 0.15) is 0 Å². The van der Waals surface area contributed by atoms with E-state index < -0.39 is 15.9 Å². The van der Waals surface area contributed by atoms with Crippen molar-refractivity contribution in [2.45, 2.75) is 11.8 Å². The fourth-order valence-corrected chi connectivity index (χ4v) is 2.35. The van der Waals surface area contributed by atoms with Gasteiger partial charge in [0.05, 0.1) is 11.2 Å². The Balaban J connectivity index is 2.08. The standard InChI is InChI=1S/C13H12N2O5S/c1-9(16)10-4-6-11(7-5-10)21(18,19)15-14-13(17)12-3-2-8-20-12/h2-8,15H,1H3,(H,14,17). The minimum absolute atomic E-state index is 0.0235. The summed E-state index contributed by atoms with van der Waals surface area (Å²) in [5, 5.41) is 0. The summed E-state index contributed by atoms with van der Waals surface area (Å²) >= 11 is 0. The van der Waals surface area contributed by atoms with Gasteiger partial charge in [0.15, 0.2) is 11.5 Å². The Hall–Kier alpha value is -2.45. The average molecular weight is 308 g/mol. The Bertz CT molecular complexity index is 748. The molecule has 0 aliphatic heterocycles. The number of nitrogens with one attached hydrogen (secondary N) is 2. The fraction of sp³-hybridized carbons (Fsp3) is 0.0769. The number of carbonyl (C=O) groups excluding carboxylic acids is 2. The Kier molecular flexibility index (Phi) is 4.20. The van der Waals surface area contributed by atoms with Crippen molar-refractivity contribution in [1.82, 2.24) is 10.3 Å². The molecule has 0 unspecified atom stereocenters. The van der Waals surface area contributed by atoms with Gasteiger partial charge in [0.2, 0.25) is 0 Å². The topological polar surface area (TPSA) is 105 Å². The molecule has 21 heavy (non-hydrogen) atoms. The maximum Gasteiger partial charge on any atom is 0.301 e. The van der Waals surface area contributed by atoms with E-state index >= 15 is 0 Å². The molecule has 8 heteroatoms. The molecule has 2 rings (SSSR count). The number of amides is 1. The van der Waals surface area contributed by atoms with Crippen LogP contribution in [0.25, 0.3) is 0 Å². The second-order valence-electron chi connectivity index (χ2n) is 4.12. The number of carbonyl (C=O) groups is 2. The highest BCUT2D eigenvalue weighted by Crippen LogP contribution is 2.10. The summed E-state index contributed by atoms with van der Waals surface area (Å²) in [5.74, 6) is -0.911. The van der Waals surface area contributed by atoms with E-state index in [9.17, 15) is 18.0 Å². The van der Waals surface area contributed by atoms with E-state index in [-0.39, 0.29) is 16.4 Å². The van der Waals surface area contributed by atoms with Gasteiger partial charge in [-0.1, -0.05) is 12.1 Å². The molecule has 2 N–H and O–H groups in total. The highest BCUT2D eigenvalue weighted by molar-refractivity contribution is 7.89. The van der Waals surface area contributed by atoms with Crippen LogP contribution in [-0.2, 0) is 10.0 Å². The smallest absolute Gasteiger partial charge is 0.301 e. The van der Waals surface area contributed by atoms with Crippen molar-refractivity contribution in [1.29, 1.82) is 0 Å². The molecule has 110 valence electrons. The van der Waals surface area contributed by atoms with E-state index in [4.69, 9.17) is 4.42 Å². The lowest BCUT2D eigenvalue weighted by Crippen LogP contribution is -2.41. The number of hydrogen-bond acceptors (Lipinski definition) is 5. The van der Waals surface area contributed by atoms with Gasteiger partial charge in [-0.25, -0.2) is 8.42 Å². The van der Waals surface area contributed by atoms with E-state index in [1.54, 1.807) is 0 Å². The minimum atomic E-state index is -3.92. The molecular formula is C13H12N2O5S. The summed E-state index contributed by atoms with van der Waals surface area (Å²) in [7, 11) is -3.92. The third-order valence-corrected chi connectivity index (χ3v) is 3.88. The molecule has 0 atom stereocenters. The molecule has 0 aliphatic rings. The molecule has 0 bridgehead atoms. The van der Waals surface area contributed by atoms with Crippen molar-refractivity contribution in [3.8, 4) is 0 Å². The third kappa shape index (κ3) is 3.56. The summed E-state index contributed by atoms with van der Waals surface area (Å²) < 4.78 is 28.7.